The highest BCUT2D eigenvalue weighted by Gasteiger charge is 2.28. The molecule has 1 saturated carbocycles. The van der Waals surface area contributed by atoms with E-state index >= 15 is 0 Å². The van der Waals surface area contributed by atoms with Crippen LogP contribution in [0.25, 0.3) is 0 Å². The van der Waals surface area contributed by atoms with Crippen LogP contribution in [0.4, 0.5) is 4.39 Å². The van der Waals surface area contributed by atoms with Crippen molar-refractivity contribution < 1.29 is 14.0 Å². The van der Waals surface area contributed by atoms with Crippen LogP contribution in [0.3, 0.4) is 0 Å². The van der Waals surface area contributed by atoms with Crippen LogP contribution in [0.2, 0.25) is 0 Å². The second-order valence-corrected chi connectivity index (χ2v) is 9.59. The van der Waals surface area contributed by atoms with E-state index in [9.17, 15) is 14.0 Å². The minimum atomic E-state index is -0.242. The van der Waals surface area contributed by atoms with Gasteiger partial charge in [-0.25, -0.2) is 4.39 Å². The second-order valence-electron chi connectivity index (χ2n) is 9.59. The second kappa shape index (κ2) is 12.0. The summed E-state index contributed by atoms with van der Waals surface area (Å²) in [5.74, 6) is 0.122. The minimum Gasteiger partial charge on any atom is -0.345 e. The molecule has 6 heteroatoms. The number of nitrogens with zero attached hydrogens (tertiary/aromatic N) is 3. The molecule has 2 aromatic rings. The Balaban J connectivity index is 1.78. The van der Waals surface area contributed by atoms with Crippen molar-refractivity contribution in [3.8, 4) is 0 Å². The molecule has 1 aromatic heterocycles. The van der Waals surface area contributed by atoms with Gasteiger partial charge in [-0.2, -0.15) is 0 Å². The molecule has 1 fully saturated rings. The lowest BCUT2D eigenvalue weighted by Gasteiger charge is -2.36. The summed E-state index contributed by atoms with van der Waals surface area (Å²) in [6.07, 6.45) is 7.92. The van der Waals surface area contributed by atoms with Crippen LogP contribution in [0.5, 0.6) is 0 Å². The third kappa shape index (κ3) is 7.18. The molecular formula is C27H38FN3O2. The van der Waals surface area contributed by atoms with Gasteiger partial charge in [-0.1, -0.05) is 52.2 Å². The van der Waals surface area contributed by atoms with Crippen LogP contribution in [0.1, 0.15) is 70.6 Å². The summed E-state index contributed by atoms with van der Waals surface area (Å²) in [5, 5.41) is 0. The normalized spacial score (nSPS) is 14.5. The first-order valence-corrected chi connectivity index (χ1v) is 12.3. The first kappa shape index (κ1) is 25.0. The molecule has 0 bridgehead atoms. The van der Waals surface area contributed by atoms with E-state index in [1.54, 1.807) is 17.0 Å². The van der Waals surface area contributed by atoms with Gasteiger partial charge in [0.15, 0.2) is 0 Å². The zero-order valence-corrected chi connectivity index (χ0v) is 20.3. The van der Waals surface area contributed by atoms with E-state index < -0.39 is 0 Å². The minimum absolute atomic E-state index is 0.0267. The van der Waals surface area contributed by atoms with Gasteiger partial charge in [0, 0.05) is 37.4 Å². The molecule has 0 aliphatic heterocycles. The summed E-state index contributed by atoms with van der Waals surface area (Å²) < 4.78 is 15.4. The number of benzene rings is 1. The Kier molecular flexibility index (Phi) is 9.10. The van der Waals surface area contributed by atoms with Gasteiger partial charge in [-0.15, -0.1) is 0 Å². The lowest BCUT2D eigenvalue weighted by atomic mass is 9.94. The maximum atomic E-state index is 13.6. The first-order chi connectivity index (χ1) is 15.9. The van der Waals surface area contributed by atoms with Crippen molar-refractivity contribution in [2.24, 2.45) is 5.92 Å². The fraction of sp³-hybridized carbons (Fsp3) is 0.556. The molecule has 0 saturated heterocycles. The number of aromatic nitrogens is 1. The van der Waals surface area contributed by atoms with Gasteiger partial charge in [0.1, 0.15) is 5.82 Å². The number of rotatable bonds is 10. The van der Waals surface area contributed by atoms with Crippen LogP contribution in [-0.4, -0.2) is 45.3 Å². The summed E-state index contributed by atoms with van der Waals surface area (Å²) in [5.41, 5.74) is 2.07. The van der Waals surface area contributed by atoms with Crippen molar-refractivity contribution in [1.82, 2.24) is 14.4 Å². The molecule has 33 heavy (non-hydrogen) atoms. The number of amides is 2. The van der Waals surface area contributed by atoms with E-state index in [0.717, 1.165) is 36.9 Å². The molecule has 3 rings (SSSR count). The van der Waals surface area contributed by atoms with Crippen LogP contribution < -0.4 is 0 Å². The summed E-state index contributed by atoms with van der Waals surface area (Å²) in [6.45, 7) is 7.87. The van der Waals surface area contributed by atoms with Gasteiger partial charge in [0.2, 0.25) is 11.8 Å². The van der Waals surface area contributed by atoms with Gasteiger partial charge in [-0.3, -0.25) is 9.59 Å². The molecular weight excluding hydrogens is 417 g/mol. The van der Waals surface area contributed by atoms with Crippen LogP contribution >= 0.6 is 0 Å². The summed E-state index contributed by atoms with van der Waals surface area (Å²) in [4.78, 5) is 29.8. The Morgan fingerprint density at radius 1 is 1.06 bits per heavy atom. The maximum absolute atomic E-state index is 13.6. The van der Waals surface area contributed by atoms with Crippen molar-refractivity contribution in [3.63, 3.8) is 0 Å². The molecule has 5 nitrogen and oxygen atoms in total. The molecule has 1 aromatic carbocycles. The summed E-state index contributed by atoms with van der Waals surface area (Å²) >= 11 is 0. The maximum Gasteiger partial charge on any atom is 0.242 e. The highest BCUT2D eigenvalue weighted by atomic mass is 19.1. The predicted octanol–water partition coefficient (Wildman–Crippen LogP) is 5.23. The number of carbonyl (C=O) groups excluding carboxylic acids is 2. The Labute approximate surface area is 197 Å². The summed E-state index contributed by atoms with van der Waals surface area (Å²) in [7, 11) is 0. The predicted molar refractivity (Wildman–Crippen MR) is 129 cm³/mol. The highest BCUT2D eigenvalue weighted by Crippen LogP contribution is 2.25. The Morgan fingerprint density at radius 3 is 2.39 bits per heavy atom. The van der Waals surface area contributed by atoms with Gasteiger partial charge in [-0.05, 0) is 48.6 Å². The molecule has 180 valence electrons. The van der Waals surface area contributed by atoms with E-state index in [4.69, 9.17) is 0 Å². The number of hydrogen-bond donors (Lipinski definition) is 0. The zero-order chi connectivity index (χ0) is 23.8. The Hall–Kier alpha value is -2.63. The van der Waals surface area contributed by atoms with Crippen molar-refractivity contribution in [3.05, 3.63) is 59.7 Å². The molecule has 0 radical (unpaired) electrons. The fourth-order valence-electron chi connectivity index (χ4n) is 4.69. The van der Waals surface area contributed by atoms with E-state index in [0.29, 0.717) is 32.0 Å². The average Bonchev–Trinajstić information content (AvgIpc) is 3.24. The van der Waals surface area contributed by atoms with Gasteiger partial charge >= 0.3 is 0 Å². The molecule has 0 atom stereocenters. The fourth-order valence-corrected chi connectivity index (χ4v) is 4.69. The SMILES string of the molecule is CCC(=O)N(CC(=O)N(Cc1cccn1Cc1ccc(F)cc1)C1CCCCC1)CC(C)C. The van der Waals surface area contributed by atoms with Crippen molar-refractivity contribution in [2.75, 3.05) is 13.1 Å². The third-order valence-corrected chi connectivity index (χ3v) is 6.42. The molecule has 1 aliphatic carbocycles. The van der Waals surface area contributed by atoms with E-state index in [1.807, 2.05) is 24.1 Å². The molecule has 1 heterocycles. The van der Waals surface area contributed by atoms with Crippen LogP contribution in [0, 0.1) is 11.7 Å². The van der Waals surface area contributed by atoms with Crippen molar-refractivity contribution in [1.29, 1.82) is 0 Å². The molecule has 1 aliphatic rings. The molecule has 2 amide bonds. The van der Waals surface area contributed by atoms with Gasteiger partial charge in [0.05, 0.1) is 13.1 Å². The quantitative estimate of drug-likeness (QED) is 0.492. The van der Waals surface area contributed by atoms with E-state index in [2.05, 4.69) is 24.5 Å². The molecule has 0 spiro atoms. The van der Waals surface area contributed by atoms with Gasteiger partial charge in [0.25, 0.3) is 0 Å². The summed E-state index contributed by atoms with van der Waals surface area (Å²) in [6, 6.07) is 10.8. The number of halogens is 1. The van der Waals surface area contributed by atoms with E-state index in [1.165, 1.54) is 18.6 Å². The highest BCUT2D eigenvalue weighted by molar-refractivity contribution is 5.85. The van der Waals surface area contributed by atoms with Gasteiger partial charge < -0.3 is 14.4 Å². The number of carbonyl (C=O) groups is 2. The van der Waals surface area contributed by atoms with Crippen LogP contribution in [-0.2, 0) is 22.7 Å². The lowest BCUT2D eigenvalue weighted by molar-refractivity contribution is -0.143. The first-order valence-electron chi connectivity index (χ1n) is 12.3. The van der Waals surface area contributed by atoms with Crippen molar-refractivity contribution in [2.45, 2.75) is 78.4 Å². The molecule has 0 N–H and O–H groups in total. The Bertz CT molecular complexity index is 900. The van der Waals surface area contributed by atoms with E-state index in [-0.39, 0.29) is 30.2 Å². The number of hydrogen-bond acceptors (Lipinski definition) is 2. The average molecular weight is 456 g/mol. The van der Waals surface area contributed by atoms with Crippen LogP contribution in [0.15, 0.2) is 42.6 Å². The lowest BCUT2D eigenvalue weighted by Crippen LogP contribution is -2.48. The third-order valence-electron chi connectivity index (χ3n) is 6.42. The monoisotopic (exact) mass is 455 g/mol. The Morgan fingerprint density at radius 2 is 1.76 bits per heavy atom. The standard InChI is InChI=1S/C27H38FN3O2/c1-4-26(32)30(17-21(2)3)20-27(33)31(24-9-6-5-7-10-24)19-25-11-8-16-29(25)18-22-12-14-23(28)15-13-22/h8,11-16,21,24H,4-7,9-10,17-20H2,1-3H3. The largest absolute Gasteiger partial charge is 0.345 e. The smallest absolute Gasteiger partial charge is 0.242 e. The van der Waals surface area contributed by atoms with Crippen molar-refractivity contribution >= 4 is 11.8 Å². The zero-order valence-electron chi connectivity index (χ0n) is 20.3. The topological polar surface area (TPSA) is 45.6 Å². The molecule has 0 unspecified atom stereocenters.